The number of carbonyl (C=O) groups is 1. The molecule has 1 spiro atoms. The maximum absolute atomic E-state index is 13.7. The number of allylic oxidation sites excluding steroid dienone is 1. The second-order valence-electron chi connectivity index (χ2n) is 8.55. The van der Waals surface area contributed by atoms with Crippen molar-refractivity contribution < 1.29 is 45.3 Å². The first-order chi connectivity index (χ1) is 12.8. The van der Waals surface area contributed by atoms with Gasteiger partial charge in [0.1, 0.15) is 13.2 Å². The lowest BCUT2D eigenvalue weighted by molar-refractivity contribution is -0.274. The van der Waals surface area contributed by atoms with Crippen molar-refractivity contribution in [3.8, 4) is 0 Å². The molecule has 0 aromatic heterocycles. The number of carbonyl (C=O) groups excluding carboxylic acids is 1. The molecule has 3 unspecified atom stereocenters. The van der Waals surface area contributed by atoms with Crippen molar-refractivity contribution in [2.24, 2.45) is 17.3 Å². The van der Waals surface area contributed by atoms with E-state index >= 15 is 0 Å². The molecule has 1 aliphatic heterocycles. The van der Waals surface area contributed by atoms with E-state index in [2.05, 4.69) is 0 Å². The van der Waals surface area contributed by atoms with Crippen LogP contribution in [-0.4, -0.2) is 49.3 Å². The van der Waals surface area contributed by atoms with Gasteiger partial charge < -0.3 is 14.2 Å². The molecule has 0 N–H and O–H groups in total. The standard InChI is InChI=1S/C18H20F6O4/c1-14(19,20)7-26-13(25)15-4-10-2-11(5-15)18(12(3-10)6-15)27-8-16(21,22)17(23,24)9-28-18/h2,10,12H,3-9H2,1H3. The molecular formula is C18H20F6O4. The number of ether oxygens (including phenoxy) is 3. The zero-order chi connectivity index (χ0) is 20.6. The maximum atomic E-state index is 13.7. The molecule has 4 nitrogen and oxygen atoms in total. The van der Waals surface area contributed by atoms with Gasteiger partial charge in [0.05, 0.1) is 5.41 Å². The Morgan fingerprint density at radius 3 is 2.32 bits per heavy atom. The van der Waals surface area contributed by atoms with Crippen molar-refractivity contribution in [3.63, 3.8) is 0 Å². The van der Waals surface area contributed by atoms with Crippen LogP contribution in [0.2, 0.25) is 0 Å². The molecule has 1 saturated heterocycles. The summed E-state index contributed by atoms with van der Waals surface area (Å²) in [7, 11) is 0. The third kappa shape index (κ3) is 2.94. The Morgan fingerprint density at radius 1 is 1.18 bits per heavy atom. The average molecular weight is 414 g/mol. The topological polar surface area (TPSA) is 44.8 Å². The third-order valence-corrected chi connectivity index (χ3v) is 6.19. The Kier molecular flexibility index (Phi) is 4.19. The second kappa shape index (κ2) is 5.87. The summed E-state index contributed by atoms with van der Waals surface area (Å²) >= 11 is 0. The molecule has 4 aliphatic carbocycles. The molecule has 3 atom stereocenters. The highest BCUT2D eigenvalue weighted by Gasteiger charge is 2.68. The van der Waals surface area contributed by atoms with Gasteiger partial charge in [-0.15, -0.1) is 0 Å². The van der Waals surface area contributed by atoms with Crippen LogP contribution in [0, 0.1) is 17.3 Å². The summed E-state index contributed by atoms with van der Waals surface area (Å²) in [5, 5.41) is 0. The summed E-state index contributed by atoms with van der Waals surface area (Å²) in [6.07, 6.45) is 2.59. The van der Waals surface area contributed by atoms with Gasteiger partial charge in [-0.25, -0.2) is 8.78 Å². The Bertz CT molecular complexity index is 697. The van der Waals surface area contributed by atoms with Crippen LogP contribution in [-0.2, 0) is 19.0 Å². The predicted molar refractivity (Wildman–Crippen MR) is 82.1 cm³/mol. The van der Waals surface area contributed by atoms with Crippen LogP contribution in [0.3, 0.4) is 0 Å². The lowest BCUT2D eigenvalue weighted by Gasteiger charge is -2.58. The van der Waals surface area contributed by atoms with Crippen molar-refractivity contribution in [3.05, 3.63) is 11.6 Å². The molecule has 2 saturated carbocycles. The minimum atomic E-state index is -4.38. The fourth-order valence-electron chi connectivity index (χ4n) is 5.01. The first kappa shape index (κ1) is 20.0. The molecule has 5 rings (SSSR count). The molecular weight excluding hydrogens is 394 g/mol. The SMILES string of the molecule is CC(F)(F)COC(=O)C12CC3=CC(CC(C1)C31OCC(F)(F)C(F)(F)CO1)C2. The van der Waals surface area contributed by atoms with Gasteiger partial charge in [0.15, 0.2) is 12.4 Å². The van der Waals surface area contributed by atoms with E-state index in [9.17, 15) is 31.1 Å². The van der Waals surface area contributed by atoms with Gasteiger partial charge in [-0.05, 0) is 37.2 Å². The number of hydrogen-bond donors (Lipinski definition) is 0. The highest BCUT2D eigenvalue weighted by molar-refractivity contribution is 5.78. The van der Waals surface area contributed by atoms with E-state index in [4.69, 9.17) is 14.2 Å². The Balaban J connectivity index is 1.59. The highest BCUT2D eigenvalue weighted by atomic mass is 19.3. The van der Waals surface area contributed by atoms with Gasteiger partial charge in [0.25, 0.3) is 5.92 Å². The molecule has 5 aliphatic rings. The van der Waals surface area contributed by atoms with E-state index in [0.29, 0.717) is 25.3 Å². The van der Waals surface area contributed by atoms with Crippen LogP contribution in [0.1, 0.15) is 32.6 Å². The maximum Gasteiger partial charge on any atom is 0.335 e. The Hall–Kier alpha value is -1.29. The van der Waals surface area contributed by atoms with Crippen molar-refractivity contribution >= 4 is 5.97 Å². The number of esters is 1. The van der Waals surface area contributed by atoms with Crippen molar-refractivity contribution in [1.82, 2.24) is 0 Å². The summed E-state index contributed by atoms with van der Waals surface area (Å²) in [6.45, 7) is -3.43. The zero-order valence-corrected chi connectivity index (χ0v) is 15.1. The van der Waals surface area contributed by atoms with E-state index in [1.165, 1.54) is 0 Å². The number of alkyl halides is 6. The van der Waals surface area contributed by atoms with Crippen LogP contribution in [0.5, 0.6) is 0 Å². The van der Waals surface area contributed by atoms with Gasteiger partial charge in [0.2, 0.25) is 0 Å². The number of halogens is 6. The monoisotopic (exact) mass is 414 g/mol. The lowest BCUT2D eigenvalue weighted by atomic mass is 9.51. The minimum absolute atomic E-state index is 0.00867. The molecule has 3 fully saturated rings. The first-order valence-corrected chi connectivity index (χ1v) is 9.08. The quantitative estimate of drug-likeness (QED) is 0.399. The number of hydrogen-bond acceptors (Lipinski definition) is 4. The van der Waals surface area contributed by atoms with Crippen LogP contribution in [0.4, 0.5) is 26.3 Å². The molecule has 0 radical (unpaired) electrons. The van der Waals surface area contributed by atoms with E-state index in [1.807, 2.05) is 0 Å². The largest absolute Gasteiger partial charge is 0.459 e. The van der Waals surface area contributed by atoms with Gasteiger partial charge in [-0.3, -0.25) is 4.79 Å². The van der Waals surface area contributed by atoms with E-state index < -0.39 is 60.7 Å². The fraction of sp³-hybridized carbons (Fsp3) is 0.833. The summed E-state index contributed by atoms with van der Waals surface area (Å²) in [5.41, 5.74) is -0.738. The number of rotatable bonds is 3. The molecule has 10 heteroatoms. The van der Waals surface area contributed by atoms with Crippen LogP contribution >= 0.6 is 0 Å². The molecule has 4 bridgehead atoms. The van der Waals surface area contributed by atoms with E-state index in [-0.39, 0.29) is 18.8 Å². The Labute approximate surface area is 157 Å². The molecule has 0 aromatic rings. The van der Waals surface area contributed by atoms with Gasteiger partial charge >= 0.3 is 17.8 Å². The lowest BCUT2D eigenvalue weighted by Crippen LogP contribution is -2.60. The third-order valence-electron chi connectivity index (χ3n) is 6.19. The van der Waals surface area contributed by atoms with Crippen molar-refractivity contribution in [1.29, 1.82) is 0 Å². The molecule has 1 heterocycles. The zero-order valence-electron chi connectivity index (χ0n) is 15.1. The summed E-state index contributed by atoms with van der Waals surface area (Å²) in [4.78, 5) is 12.6. The molecule has 28 heavy (non-hydrogen) atoms. The predicted octanol–water partition coefficient (Wildman–Crippen LogP) is 3.94. The normalized spacial score (nSPS) is 37.5. The summed E-state index contributed by atoms with van der Waals surface area (Å²) in [6, 6.07) is 0. The highest BCUT2D eigenvalue weighted by Crippen LogP contribution is 2.63. The van der Waals surface area contributed by atoms with Gasteiger partial charge in [-0.2, -0.15) is 17.6 Å². The van der Waals surface area contributed by atoms with Gasteiger partial charge in [0, 0.05) is 12.8 Å². The average Bonchev–Trinajstić information content (AvgIpc) is 2.66. The van der Waals surface area contributed by atoms with Crippen molar-refractivity contribution in [2.75, 3.05) is 19.8 Å². The Morgan fingerprint density at radius 2 is 1.79 bits per heavy atom. The summed E-state index contributed by atoms with van der Waals surface area (Å²) < 4.78 is 96.4. The molecule has 0 aromatic carbocycles. The second-order valence-corrected chi connectivity index (χ2v) is 8.55. The summed E-state index contributed by atoms with van der Waals surface area (Å²) in [5.74, 6) is -15.2. The molecule has 0 amide bonds. The van der Waals surface area contributed by atoms with Crippen molar-refractivity contribution in [2.45, 2.75) is 56.2 Å². The van der Waals surface area contributed by atoms with E-state index in [1.54, 1.807) is 6.08 Å². The van der Waals surface area contributed by atoms with E-state index in [0.717, 1.165) is 0 Å². The van der Waals surface area contributed by atoms with Crippen LogP contribution in [0.25, 0.3) is 0 Å². The smallest absolute Gasteiger partial charge is 0.335 e. The first-order valence-electron chi connectivity index (χ1n) is 9.08. The molecule has 158 valence electrons. The van der Waals surface area contributed by atoms with Crippen LogP contribution < -0.4 is 0 Å². The van der Waals surface area contributed by atoms with Crippen LogP contribution in [0.15, 0.2) is 11.6 Å². The fourth-order valence-corrected chi connectivity index (χ4v) is 5.01. The van der Waals surface area contributed by atoms with Gasteiger partial charge in [-0.1, -0.05) is 6.08 Å². The minimum Gasteiger partial charge on any atom is -0.459 e.